The fourth-order valence-corrected chi connectivity index (χ4v) is 3.05. The van der Waals surface area contributed by atoms with Crippen LogP contribution in [0.4, 0.5) is 5.69 Å². The van der Waals surface area contributed by atoms with Crippen molar-refractivity contribution in [3.8, 4) is 11.4 Å². The first-order chi connectivity index (χ1) is 12.1. The van der Waals surface area contributed by atoms with E-state index in [1.54, 1.807) is 6.07 Å². The van der Waals surface area contributed by atoms with Gasteiger partial charge in [-0.2, -0.15) is 0 Å². The average molecular weight is 354 g/mol. The second kappa shape index (κ2) is 6.27. The van der Waals surface area contributed by atoms with Crippen molar-refractivity contribution in [1.82, 2.24) is 9.97 Å². The largest absolute Gasteiger partial charge is 0.472 e. The highest BCUT2D eigenvalue weighted by molar-refractivity contribution is 6.31. The van der Waals surface area contributed by atoms with Crippen molar-refractivity contribution in [2.75, 3.05) is 5.32 Å². The van der Waals surface area contributed by atoms with Gasteiger partial charge in [-0.1, -0.05) is 11.6 Å². The molecule has 4 rings (SSSR count). The molecule has 0 bridgehead atoms. The van der Waals surface area contributed by atoms with Crippen LogP contribution in [-0.2, 0) is 0 Å². The molecule has 25 heavy (non-hydrogen) atoms. The maximum atomic E-state index is 10.1. The SMILES string of the molecule is Cc1cc(Cl)cc2[nH]c(-c3ccc(NC(O)c4ccoc4)cc3)nc12. The number of benzene rings is 2. The Labute approximate surface area is 149 Å². The number of furan rings is 1. The van der Waals surface area contributed by atoms with Gasteiger partial charge in [0.1, 0.15) is 5.82 Å². The van der Waals surface area contributed by atoms with E-state index in [2.05, 4.69) is 15.3 Å². The van der Waals surface area contributed by atoms with E-state index in [0.717, 1.165) is 33.7 Å². The van der Waals surface area contributed by atoms with Crippen LogP contribution in [-0.4, -0.2) is 15.1 Å². The van der Waals surface area contributed by atoms with Crippen molar-refractivity contribution < 1.29 is 9.52 Å². The lowest BCUT2D eigenvalue weighted by molar-refractivity contribution is 0.207. The molecule has 6 heteroatoms. The van der Waals surface area contributed by atoms with Crippen LogP contribution < -0.4 is 5.32 Å². The average Bonchev–Trinajstić information content (AvgIpc) is 3.25. The Hall–Kier alpha value is -2.76. The van der Waals surface area contributed by atoms with Crippen LogP contribution in [0, 0.1) is 6.92 Å². The zero-order chi connectivity index (χ0) is 17.4. The van der Waals surface area contributed by atoms with Gasteiger partial charge in [0.25, 0.3) is 0 Å². The molecule has 2 heterocycles. The van der Waals surface area contributed by atoms with E-state index in [1.165, 1.54) is 12.5 Å². The predicted molar refractivity (Wildman–Crippen MR) is 98.6 cm³/mol. The second-order valence-electron chi connectivity index (χ2n) is 5.89. The van der Waals surface area contributed by atoms with Crippen molar-refractivity contribution in [2.24, 2.45) is 0 Å². The van der Waals surface area contributed by atoms with Gasteiger partial charge in [-0.25, -0.2) is 4.98 Å². The Bertz CT molecular complexity index is 1010. The molecule has 0 aliphatic carbocycles. The summed E-state index contributed by atoms with van der Waals surface area (Å²) < 4.78 is 4.98. The molecule has 0 fully saturated rings. The van der Waals surface area contributed by atoms with E-state index in [-0.39, 0.29) is 0 Å². The zero-order valence-corrected chi connectivity index (χ0v) is 14.2. The predicted octanol–water partition coefficient (Wildman–Crippen LogP) is 4.89. The van der Waals surface area contributed by atoms with E-state index >= 15 is 0 Å². The Balaban J connectivity index is 1.59. The highest BCUT2D eigenvalue weighted by Gasteiger charge is 2.10. The van der Waals surface area contributed by atoms with Gasteiger partial charge < -0.3 is 19.8 Å². The van der Waals surface area contributed by atoms with E-state index < -0.39 is 6.23 Å². The third-order valence-corrected chi connectivity index (χ3v) is 4.28. The number of H-pyrrole nitrogens is 1. The lowest BCUT2D eigenvalue weighted by Gasteiger charge is -2.12. The van der Waals surface area contributed by atoms with Crippen molar-refractivity contribution in [2.45, 2.75) is 13.2 Å². The number of halogens is 1. The summed E-state index contributed by atoms with van der Waals surface area (Å²) in [6.45, 7) is 1.99. The first-order valence-electron chi connectivity index (χ1n) is 7.83. The molecule has 0 aliphatic rings. The van der Waals surface area contributed by atoms with Gasteiger partial charge >= 0.3 is 0 Å². The summed E-state index contributed by atoms with van der Waals surface area (Å²) >= 11 is 6.10. The van der Waals surface area contributed by atoms with E-state index in [1.807, 2.05) is 43.3 Å². The van der Waals surface area contributed by atoms with Gasteiger partial charge in [0.15, 0.2) is 6.23 Å². The summed E-state index contributed by atoms with van der Waals surface area (Å²) in [5.41, 5.74) is 5.29. The second-order valence-corrected chi connectivity index (χ2v) is 6.32. The Kier molecular flexibility index (Phi) is 3.95. The molecule has 1 unspecified atom stereocenters. The number of anilines is 1. The van der Waals surface area contributed by atoms with E-state index in [0.29, 0.717) is 10.6 Å². The summed E-state index contributed by atoms with van der Waals surface area (Å²) in [5, 5.41) is 13.8. The first-order valence-corrected chi connectivity index (χ1v) is 8.21. The third-order valence-electron chi connectivity index (χ3n) is 4.06. The molecule has 0 saturated carbocycles. The molecule has 2 aromatic heterocycles. The van der Waals surface area contributed by atoms with E-state index in [9.17, 15) is 5.11 Å². The Morgan fingerprint density at radius 2 is 2.00 bits per heavy atom. The summed E-state index contributed by atoms with van der Waals surface area (Å²) in [5.74, 6) is 0.780. The molecule has 0 aliphatic heterocycles. The number of aliphatic hydroxyl groups is 1. The van der Waals surface area contributed by atoms with Crippen LogP contribution in [0.3, 0.4) is 0 Å². The number of imidazole rings is 1. The molecule has 5 nitrogen and oxygen atoms in total. The first kappa shape index (κ1) is 15.7. The molecular weight excluding hydrogens is 338 g/mol. The Morgan fingerprint density at radius 3 is 2.72 bits per heavy atom. The van der Waals surface area contributed by atoms with Gasteiger partial charge in [-0.15, -0.1) is 0 Å². The Morgan fingerprint density at radius 1 is 1.20 bits per heavy atom. The topological polar surface area (TPSA) is 74.1 Å². The maximum Gasteiger partial charge on any atom is 0.153 e. The van der Waals surface area contributed by atoms with Crippen LogP contribution in [0.15, 0.2) is 59.4 Å². The molecule has 0 radical (unpaired) electrons. The minimum atomic E-state index is -0.819. The minimum absolute atomic E-state index is 0.675. The maximum absolute atomic E-state index is 10.1. The van der Waals surface area contributed by atoms with Crippen molar-refractivity contribution in [3.05, 3.63) is 71.1 Å². The summed E-state index contributed by atoms with van der Waals surface area (Å²) in [6.07, 6.45) is 2.22. The molecule has 0 spiro atoms. The standard InChI is InChI=1S/C19H16ClN3O2/c1-11-8-14(20)9-16-17(11)23-18(22-16)12-2-4-15(5-3-12)21-19(24)13-6-7-25-10-13/h2-10,19,21,24H,1H3,(H,22,23). The highest BCUT2D eigenvalue weighted by Crippen LogP contribution is 2.27. The number of aryl methyl sites for hydroxylation is 1. The van der Waals surface area contributed by atoms with E-state index in [4.69, 9.17) is 16.0 Å². The van der Waals surface area contributed by atoms with Gasteiger partial charge in [-0.05, 0) is 55.0 Å². The van der Waals surface area contributed by atoms with Gasteiger partial charge in [0.2, 0.25) is 0 Å². The summed E-state index contributed by atoms with van der Waals surface area (Å²) in [6, 6.07) is 13.2. The van der Waals surface area contributed by atoms with Crippen molar-refractivity contribution >= 4 is 28.3 Å². The molecule has 126 valence electrons. The number of aromatic amines is 1. The van der Waals surface area contributed by atoms with Gasteiger partial charge in [0.05, 0.1) is 23.6 Å². The van der Waals surface area contributed by atoms with Crippen LogP contribution in [0.2, 0.25) is 5.02 Å². The monoisotopic (exact) mass is 353 g/mol. The summed E-state index contributed by atoms with van der Waals surface area (Å²) in [7, 11) is 0. The molecule has 2 aromatic carbocycles. The molecule has 1 atom stereocenters. The molecule has 0 amide bonds. The van der Waals surface area contributed by atoms with Crippen molar-refractivity contribution in [3.63, 3.8) is 0 Å². The number of aromatic nitrogens is 2. The third kappa shape index (κ3) is 3.12. The zero-order valence-electron chi connectivity index (χ0n) is 13.5. The smallest absolute Gasteiger partial charge is 0.153 e. The number of fused-ring (bicyclic) bond motifs is 1. The molecule has 0 saturated heterocycles. The van der Waals surface area contributed by atoms with Crippen LogP contribution in [0.25, 0.3) is 22.4 Å². The minimum Gasteiger partial charge on any atom is -0.472 e. The lowest BCUT2D eigenvalue weighted by Crippen LogP contribution is -2.08. The summed E-state index contributed by atoms with van der Waals surface area (Å²) in [4.78, 5) is 7.96. The molecule has 3 N–H and O–H groups in total. The van der Waals surface area contributed by atoms with Crippen LogP contribution in [0.1, 0.15) is 17.4 Å². The van der Waals surface area contributed by atoms with Crippen LogP contribution >= 0.6 is 11.6 Å². The normalized spacial score (nSPS) is 12.4. The fourth-order valence-electron chi connectivity index (χ4n) is 2.78. The number of rotatable bonds is 4. The van der Waals surface area contributed by atoms with Crippen LogP contribution in [0.5, 0.6) is 0 Å². The number of hydrogen-bond acceptors (Lipinski definition) is 4. The number of nitrogens with one attached hydrogen (secondary N) is 2. The number of hydrogen-bond donors (Lipinski definition) is 3. The lowest BCUT2D eigenvalue weighted by atomic mass is 10.2. The fraction of sp³-hybridized carbons (Fsp3) is 0.105. The van der Waals surface area contributed by atoms with Gasteiger partial charge in [0, 0.05) is 21.8 Å². The quantitative estimate of drug-likeness (QED) is 0.457. The van der Waals surface area contributed by atoms with Crippen molar-refractivity contribution in [1.29, 1.82) is 0 Å². The number of aliphatic hydroxyl groups excluding tert-OH is 1. The molecule has 4 aromatic rings. The van der Waals surface area contributed by atoms with Gasteiger partial charge in [-0.3, -0.25) is 0 Å². The highest BCUT2D eigenvalue weighted by atomic mass is 35.5. The number of nitrogens with zero attached hydrogens (tertiary/aromatic N) is 1. The molecular formula is C19H16ClN3O2.